The van der Waals surface area contributed by atoms with E-state index in [1.807, 2.05) is 6.92 Å². The fraction of sp³-hybridized carbons (Fsp3) is 0.667. The summed E-state index contributed by atoms with van der Waals surface area (Å²) < 4.78 is 8.48. The fourth-order valence-corrected chi connectivity index (χ4v) is 0. The second-order valence-electron chi connectivity index (χ2n) is 0.724. The van der Waals surface area contributed by atoms with Crippen LogP contribution in [-0.2, 0) is 21.6 Å². The van der Waals surface area contributed by atoms with Crippen LogP contribution in [0.2, 0.25) is 0 Å². The van der Waals surface area contributed by atoms with Crippen molar-refractivity contribution < 1.29 is 31.4 Å². The normalized spacial score (nSPS) is 5.50. The molecular weight excluding hydrogens is 179 g/mol. The number of hydrogen-bond donors (Lipinski definition) is 0. The van der Waals surface area contributed by atoms with Gasteiger partial charge < -0.3 is 16.7 Å². The Morgan fingerprint density at radius 3 is 1.62 bits per heavy atom. The monoisotopic (exact) mass is 185 g/mol. The van der Waals surface area contributed by atoms with Gasteiger partial charge in [0.1, 0.15) is 0 Å². The van der Waals surface area contributed by atoms with Crippen molar-refractivity contribution in [2.24, 2.45) is 0 Å². The van der Waals surface area contributed by atoms with Gasteiger partial charge in [0, 0.05) is 0 Å². The maximum Gasteiger partial charge on any atom is 2.00 e. The van der Waals surface area contributed by atoms with Gasteiger partial charge in [0.25, 0.3) is 8.25 Å². The molecule has 0 fully saturated rings. The molecule has 3 nitrogen and oxygen atoms in total. The molecular formula is C3H7CuO3P. The molecule has 0 aromatic carbocycles. The Morgan fingerprint density at radius 2 is 1.62 bits per heavy atom. The predicted molar refractivity (Wildman–Crippen MR) is 23.3 cm³/mol. The van der Waals surface area contributed by atoms with E-state index in [-0.39, 0.29) is 17.1 Å². The van der Waals surface area contributed by atoms with Gasteiger partial charge in [0.15, 0.2) is 0 Å². The van der Waals surface area contributed by atoms with E-state index in [0.29, 0.717) is 0 Å². The van der Waals surface area contributed by atoms with E-state index in [4.69, 9.17) is 14.4 Å². The van der Waals surface area contributed by atoms with E-state index < -0.39 is 8.25 Å². The van der Waals surface area contributed by atoms with Crippen LogP contribution in [0.5, 0.6) is 0 Å². The van der Waals surface area contributed by atoms with Crippen LogP contribution in [-0.4, -0.2) is 0 Å². The first-order valence-corrected chi connectivity index (χ1v) is 2.85. The number of rotatable bonds is 0. The Hall–Kier alpha value is 0.539. The van der Waals surface area contributed by atoms with Crippen LogP contribution in [0.1, 0.15) is 13.3 Å². The largest absolute Gasteiger partial charge is 2.00 e. The summed E-state index contributed by atoms with van der Waals surface area (Å²) in [6, 6.07) is 0. The van der Waals surface area contributed by atoms with Crippen molar-refractivity contribution in [2.75, 3.05) is 0 Å². The fourth-order valence-electron chi connectivity index (χ4n) is 0. The van der Waals surface area contributed by atoms with Crippen molar-refractivity contribution in [3.8, 4) is 0 Å². The summed E-state index contributed by atoms with van der Waals surface area (Å²) in [7, 11) is -3.37. The quantitative estimate of drug-likeness (QED) is 0.293. The van der Waals surface area contributed by atoms with E-state index in [0.717, 1.165) is 6.42 Å². The van der Waals surface area contributed by atoms with Gasteiger partial charge >= 0.3 is 17.1 Å². The van der Waals surface area contributed by atoms with Crippen LogP contribution in [0.3, 0.4) is 0 Å². The van der Waals surface area contributed by atoms with E-state index in [1.165, 1.54) is 0 Å². The molecule has 8 heavy (non-hydrogen) atoms. The number of hydrogen-bond acceptors (Lipinski definition) is 3. The van der Waals surface area contributed by atoms with Gasteiger partial charge in [0.05, 0.1) is 0 Å². The van der Waals surface area contributed by atoms with Crippen LogP contribution in [0.25, 0.3) is 0 Å². The summed E-state index contributed by atoms with van der Waals surface area (Å²) in [6.45, 7) is 5.50. The predicted octanol–water partition coefficient (Wildman–Crippen LogP) is -0.408. The molecule has 0 unspecified atom stereocenters. The van der Waals surface area contributed by atoms with Gasteiger partial charge in [-0.05, 0) is 0 Å². The molecule has 0 aliphatic rings. The Bertz CT molecular complexity index is 45.8. The Labute approximate surface area is 60.5 Å². The molecule has 0 aromatic rings. The molecule has 0 amide bonds. The second kappa shape index (κ2) is 15.6. The van der Waals surface area contributed by atoms with Crippen molar-refractivity contribution in [3.63, 3.8) is 0 Å². The molecule has 0 bridgehead atoms. The van der Waals surface area contributed by atoms with Gasteiger partial charge in [0.2, 0.25) is 0 Å². The Morgan fingerprint density at radius 1 is 1.62 bits per heavy atom. The third-order valence-corrected chi connectivity index (χ3v) is 0. The zero-order valence-corrected chi connectivity index (χ0v) is 6.22. The van der Waals surface area contributed by atoms with E-state index in [1.54, 1.807) is 0 Å². The van der Waals surface area contributed by atoms with E-state index in [2.05, 4.69) is 6.92 Å². The smallest absolute Gasteiger partial charge is 0.598 e. The van der Waals surface area contributed by atoms with Crippen LogP contribution >= 0.6 is 8.25 Å². The third-order valence-electron chi connectivity index (χ3n) is 0. The molecule has 0 heterocycles. The topological polar surface area (TPSA) is 63.2 Å². The minimum atomic E-state index is -3.37. The van der Waals surface area contributed by atoms with Gasteiger partial charge in [-0.2, -0.15) is 6.42 Å². The zero-order valence-electron chi connectivity index (χ0n) is 4.39. The molecule has 0 atom stereocenters. The standard InChI is InChI=1S/C3H7.Cu.HO3P/c1-3-2;;1-4(2)3/h1,3H2,2H3;;(H,1,2,3)/q-1;+2;/p-1. The van der Waals surface area contributed by atoms with Crippen molar-refractivity contribution in [1.82, 2.24) is 0 Å². The average Bonchev–Trinajstić information content (AvgIpc) is 1.33. The SMILES string of the molecule is O=[P+]([O-])[O-].[CH2-]CC.[Cu+2]. The third kappa shape index (κ3) is 689. The van der Waals surface area contributed by atoms with Crippen LogP contribution in [0, 0.1) is 6.92 Å². The maximum absolute atomic E-state index is 8.48. The average molecular weight is 186 g/mol. The van der Waals surface area contributed by atoms with Crippen LogP contribution in [0.4, 0.5) is 0 Å². The Kier molecular flexibility index (Phi) is 30.9. The van der Waals surface area contributed by atoms with Crippen molar-refractivity contribution in [3.05, 3.63) is 6.92 Å². The van der Waals surface area contributed by atoms with Crippen LogP contribution < -0.4 is 9.79 Å². The molecule has 0 saturated heterocycles. The van der Waals surface area contributed by atoms with Gasteiger partial charge in [-0.1, -0.05) is 11.5 Å². The molecule has 0 N–H and O–H groups in total. The first-order valence-electron chi connectivity index (χ1n) is 1.75. The van der Waals surface area contributed by atoms with Gasteiger partial charge in [-0.3, -0.25) is 0 Å². The van der Waals surface area contributed by atoms with Crippen LogP contribution in [0.15, 0.2) is 0 Å². The summed E-state index contributed by atoms with van der Waals surface area (Å²) in [5, 5.41) is 0. The second-order valence-corrected chi connectivity index (χ2v) is 1.17. The molecule has 53 valence electrons. The van der Waals surface area contributed by atoms with Crippen molar-refractivity contribution in [2.45, 2.75) is 13.3 Å². The van der Waals surface area contributed by atoms with Gasteiger partial charge in [-0.15, -0.1) is 0 Å². The first kappa shape index (κ1) is 15.8. The molecule has 0 aliphatic heterocycles. The summed E-state index contributed by atoms with van der Waals surface area (Å²) in [6.07, 6.45) is 1.00. The Balaban J connectivity index is -0.0000000575. The first-order chi connectivity index (χ1) is 3.15. The molecule has 1 radical (unpaired) electrons. The van der Waals surface area contributed by atoms with Gasteiger partial charge in [-0.25, -0.2) is 0 Å². The van der Waals surface area contributed by atoms with E-state index >= 15 is 0 Å². The molecule has 0 rings (SSSR count). The zero-order chi connectivity index (χ0) is 6.28. The molecule has 0 aromatic heterocycles. The summed E-state index contributed by atoms with van der Waals surface area (Å²) >= 11 is 0. The summed E-state index contributed by atoms with van der Waals surface area (Å²) in [5.41, 5.74) is 0. The summed E-state index contributed by atoms with van der Waals surface area (Å²) in [4.78, 5) is 17.0. The van der Waals surface area contributed by atoms with Crippen molar-refractivity contribution >= 4 is 8.25 Å². The minimum absolute atomic E-state index is 0. The maximum atomic E-state index is 8.48. The van der Waals surface area contributed by atoms with Crippen molar-refractivity contribution in [1.29, 1.82) is 0 Å². The molecule has 0 spiro atoms. The molecule has 0 saturated carbocycles. The minimum Gasteiger partial charge on any atom is -0.598 e. The molecule has 0 aliphatic carbocycles. The summed E-state index contributed by atoms with van der Waals surface area (Å²) in [5.74, 6) is 0. The van der Waals surface area contributed by atoms with E-state index in [9.17, 15) is 0 Å². The molecule has 5 heteroatoms.